The Morgan fingerprint density at radius 1 is 1.26 bits per heavy atom. The van der Waals surface area contributed by atoms with Gasteiger partial charge in [0.2, 0.25) is 0 Å². The minimum atomic E-state index is -0.00637. The molecule has 0 amide bonds. The summed E-state index contributed by atoms with van der Waals surface area (Å²) in [5.41, 5.74) is 1.23. The van der Waals surface area contributed by atoms with Crippen molar-refractivity contribution in [2.75, 3.05) is 33.5 Å². The van der Waals surface area contributed by atoms with E-state index in [1.165, 1.54) is 5.56 Å². The van der Waals surface area contributed by atoms with Crippen molar-refractivity contribution in [1.29, 1.82) is 0 Å². The number of nitrogens with one attached hydrogen (secondary N) is 1. The van der Waals surface area contributed by atoms with Crippen LogP contribution in [0.5, 0.6) is 5.75 Å². The van der Waals surface area contributed by atoms with Crippen LogP contribution in [0.15, 0.2) is 24.3 Å². The lowest BCUT2D eigenvalue weighted by atomic mass is 10.1. The van der Waals surface area contributed by atoms with Crippen molar-refractivity contribution < 1.29 is 14.6 Å². The van der Waals surface area contributed by atoms with E-state index >= 15 is 0 Å². The predicted molar refractivity (Wildman–Crippen MR) is 76.7 cm³/mol. The van der Waals surface area contributed by atoms with Crippen LogP contribution < -0.4 is 10.1 Å². The molecule has 0 spiro atoms. The first-order chi connectivity index (χ1) is 9.30. The molecule has 0 bridgehead atoms. The summed E-state index contributed by atoms with van der Waals surface area (Å²) in [6.07, 6.45) is 1.96. The molecular formula is C15H25NO3. The third kappa shape index (κ3) is 6.57. The van der Waals surface area contributed by atoms with Crippen molar-refractivity contribution in [2.45, 2.75) is 25.8 Å². The lowest BCUT2D eigenvalue weighted by molar-refractivity contribution is 0.183. The highest BCUT2D eigenvalue weighted by Crippen LogP contribution is 2.12. The summed E-state index contributed by atoms with van der Waals surface area (Å²) in [6, 6.07) is 8.00. The summed E-state index contributed by atoms with van der Waals surface area (Å²) < 4.78 is 10.7. The Labute approximate surface area is 115 Å². The normalized spacial score (nSPS) is 12.4. The van der Waals surface area contributed by atoms with Crippen LogP contribution in [0.25, 0.3) is 0 Å². The van der Waals surface area contributed by atoms with Gasteiger partial charge in [-0.1, -0.05) is 19.1 Å². The monoisotopic (exact) mass is 267 g/mol. The fourth-order valence-electron chi connectivity index (χ4n) is 1.69. The van der Waals surface area contributed by atoms with Gasteiger partial charge < -0.3 is 19.9 Å². The van der Waals surface area contributed by atoms with Crippen molar-refractivity contribution >= 4 is 0 Å². The number of aliphatic hydroxyl groups excluding tert-OH is 1. The Morgan fingerprint density at radius 3 is 2.58 bits per heavy atom. The first-order valence-electron chi connectivity index (χ1n) is 6.85. The first-order valence-corrected chi connectivity index (χ1v) is 6.85. The number of benzene rings is 1. The summed E-state index contributed by atoms with van der Waals surface area (Å²) in [6.45, 7) is 4.29. The molecule has 0 aliphatic heterocycles. The second-order valence-corrected chi connectivity index (χ2v) is 4.53. The molecule has 108 valence electrons. The molecule has 0 saturated carbocycles. The highest BCUT2D eigenvalue weighted by Gasteiger charge is 2.06. The molecule has 0 heterocycles. The SMILES string of the molecule is CCCNC(CO)COc1ccc(CCOC)cc1. The van der Waals surface area contributed by atoms with Gasteiger partial charge in [-0.05, 0) is 37.1 Å². The molecule has 1 rings (SSSR count). The zero-order valence-electron chi connectivity index (χ0n) is 11.9. The molecule has 1 aromatic carbocycles. The van der Waals surface area contributed by atoms with Gasteiger partial charge in [0.15, 0.2) is 0 Å². The fraction of sp³-hybridized carbons (Fsp3) is 0.600. The second kappa shape index (κ2) is 9.78. The number of rotatable bonds is 10. The van der Waals surface area contributed by atoms with Crippen LogP contribution in [0.1, 0.15) is 18.9 Å². The second-order valence-electron chi connectivity index (χ2n) is 4.53. The molecule has 2 N–H and O–H groups in total. The average molecular weight is 267 g/mol. The zero-order chi connectivity index (χ0) is 13.9. The third-order valence-corrected chi connectivity index (χ3v) is 2.87. The fourth-order valence-corrected chi connectivity index (χ4v) is 1.69. The van der Waals surface area contributed by atoms with E-state index in [0.29, 0.717) is 6.61 Å². The Balaban J connectivity index is 2.35. The third-order valence-electron chi connectivity index (χ3n) is 2.87. The van der Waals surface area contributed by atoms with Gasteiger partial charge in [-0.15, -0.1) is 0 Å². The van der Waals surface area contributed by atoms with E-state index in [2.05, 4.69) is 12.2 Å². The lowest BCUT2D eigenvalue weighted by Gasteiger charge is -2.16. The Bertz CT molecular complexity index is 327. The Hall–Kier alpha value is -1.10. The molecule has 0 saturated heterocycles. The average Bonchev–Trinajstić information content (AvgIpc) is 2.46. The highest BCUT2D eigenvalue weighted by atomic mass is 16.5. The van der Waals surface area contributed by atoms with Gasteiger partial charge in [0, 0.05) is 7.11 Å². The summed E-state index contributed by atoms with van der Waals surface area (Å²) in [4.78, 5) is 0. The topological polar surface area (TPSA) is 50.7 Å². The minimum absolute atomic E-state index is 0.00637. The molecule has 1 atom stereocenters. The van der Waals surface area contributed by atoms with Crippen LogP contribution in [0.2, 0.25) is 0 Å². The van der Waals surface area contributed by atoms with Gasteiger partial charge in [-0.25, -0.2) is 0 Å². The number of ether oxygens (including phenoxy) is 2. The molecule has 1 unspecified atom stereocenters. The van der Waals surface area contributed by atoms with Gasteiger partial charge in [-0.3, -0.25) is 0 Å². The van der Waals surface area contributed by atoms with Crippen molar-refractivity contribution in [3.05, 3.63) is 29.8 Å². The minimum Gasteiger partial charge on any atom is -0.492 e. The molecule has 0 aliphatic carbocycles. The van der Waals surface area contributed by atoms with E-state index in [1.807, 2.05) is 24.3 Å². The summed E-state index contributed by atoms with van der Waals surface area (Å²) in [5, 5.41) is 12.5. The van der Waals surface area contributed by atoms with E-state index in [4.69, 9.17) is 9.47 Å². The number of aliphatic hydroxyl groups is 1. The molecule has 0 aliphatic rings. The largest absolute Gasteiger partial charge is 0.492 e. The summed E-state index contributed by atoms with van der Waals surface area (Å²) >= 11 is 0. The molecule has 4 heteroatoms. The quantitative estimate of drug-likeness (QED) is 0.676. The lowest BCUT2D eigenvalue weighted by Crippen LogP contribution is -2.38. The molecular weight excluding hydrogens is 242 g/mol. The van der Waals surface area contributed by atoms with Crippen molar-refractivity contribution in [1.82, 2.24) is 5.32 Å². The van der Waals surface area contributed by atoms with Crippen LogP contribution >= 0.6 is 0 Å². The van der Waals surface area contributed by atoms with E-state index in [-0.39, 0.29) is 12.6 Å². The van der Waals surface area contributed by atoms with Crippen LogP contribution in [-0.4, -0.2) is 44.6 Å². The maximum Gasteiger partial charge on any atom is 0.119 e. The van der Waals surface area contributed by atoms with E-state index < -0.39 is 0 Å². The number of methoxy groups -OCH3 is 1. The number of hydrogen-bond acceptors (Lipinski definition) is 4. The molecule has 4 nitrogen and oxygen atoms in total. The van der Waals surface area contributed by atoms with Crippen molar-refractivity contribution in [3.63, 3.8) is 0 Å². The Kier molecular flexibility index (Phi) is 8.21. The van der Waals surface area contributed by atoms with Gasteiger partial charge in [-0.2, -0.15) is 0 Å². The summed E-state index contributed by atoms with van der Waals surface area (Å²) in [7, 11) is 1.70. The van der Waals surface area contributed by atoms with Crippen molar-refractivity contribution in [2.24, 2.45) is 0 Å². The van der Waals surface area contributed by atoms with E-state index in [9.17, 15) is 5.11 Å². The molecule has 0 aromatic heterocycles. The van der Waals surface area contributed by atoms with E-state index in [1.54, 1.807) is 7.11 Å². The van der Waals surface area contributed by atoms with E-state index in [0.717, 1.165) is 31.7 Å². The Morgan fingerprint density at radius 2 is 2.00 bits per heavy atom. The van der Waals surface area contributed by atoms with Crippen LogP contribution in [0.4, 0.5) is 0 Å². The standard InChI is InChI=1S/C15H25NO3/c1-3-9-16-14(11-17)12-19-15-6-4-13(5-7-15)8-10-18-2/h4-7,14,16-17H,3,8-12H2,1-2H3. The van der Waals surface area contributed by atoms with Gasteiger partial charge in [0.05, 0.1) is 19.3 Å². The zero-order valence-corrected chi connectivity index (χ0v) is 11.9. The maximum absolute atomic E-state index is 9.22. The maximum atomic E-state index is 9.22. The number of hydrogen-bond donors (Lipinski definition) is 2. The molecule has 19 heavy (non-hydrogen) atoms. The van der Waals surface area contributed by atoms with Crippen molar-refractivity contribution in [3.8, 4) is 5.75 Å². The van der Waals surface area contributed by atoms with Gasteiger partial charge in [0.1, 0.15) is 12.4 Å². The molecule has 0 radical (unpaired) electrons. The molecule has 1 aromatic rings. The highest BCUT2D eigenvalue weighted by molar-refractivity contribution is 5.27. The predicted octanol–water partition coefficient (Wildman–Crippen LogP) is 1.61. The van der Waals surface area contributed by atoms with Gasteiger partial charge in [0.25, 0.3) is 0 Å². The van der Waals surface area contributed by atoms with Crippen LogP contribution in [-0.2, 0) is 11.2 Å². The van der Waals surface area contributed by atoms with Crippen LogP contribution in [0, 0.1) is 0 Å². The smallest absolute Gasteiger partial charge is 0.119 e. The van der Waals surface area contributed by atoms with Gasteiger partial charge >= 0.3 is 0 Å². The first kappa shape index (κ1) is 16.0. The molecule has 0 fully saturated rings. The van der Waals surface area contributed by atoms with Crippen LogP contribution in [0.3, 0.4) is 0 Å². The summed E-state index contributed by atoms with van der Waals surface area (Å²) in [5.74, 6) is 0.831.